The SMILES string of the molecule is COc1ccc(-c2csc3ncnc(Nc4ccc(N5CCOCC5)cc4)c23)cc1.Cl. The van der Waals surface area contributed by atoms with Crippen LogP contribution in [0.15, 0.2) is 60.2 Å². The third-order valence-electron chi connectivity index (χ3n) is 5.28. The molecule has 0 radical (unpaired) electrons. The Labute approximate surface area is 191 Å². The monoisotopic (exact) mass is 454 g/mol. The summed E-state index contributed by atoms with van der Waals surface area (Å²) in [7, 11) is 1.68. The van der Waals surface area contributed by atoms with Gasteiger partial charge < -0.3 is 19.7 Å². The van der Waals surface area contributed by atoms with E-state index in [4.69, 9.17) is 9.47 Å². The summed E-state index contributed by atoms with van der Waals surface area (Å²) in [5, 5.41) is 6.65. The Bertz CT molecular complexity index is 1140. The number of nitrogens with zero attached hydrogens (tertiary/aromatic N) is 3. The van der Waals surface area contributed by atoms with Gasteiger partial charge in [-0.2, -0.15) is 0 Å². The minimum atomic E-state index is 0. The number of benzene rings is 2. The molecular formula is C23H23ClN4O2S. The van der Waals surface area contributed by atoms with Gasteiger partial charge in [0.05, 0.1) is 25.7 Å². The van der Waals surface area contributed by atoms with Gasteiger partial charge in [0.1, 0.15) is 22.7 Å². The third-order valence-corrected chi connectivity index (χ3v) is 6.16. The number of thiophene rings is 1. The van der Waals surface area contributed by atoms with E-state index in [0.29, 0.717) is 0 Å². The number of halogens is 1. The van der Waals surface area contributed by atoms with Crippen molar-refractivity contribution >= 4 is 51.2 Å². The summed E-state index contributed by atoms with van der Waals surface area (Å²) in [6.07, 6.45) is 1.61. The lowest BCUT2D eigenvalue weighted by Crippen LogP contribution is -2.36. The Balaban J connectivity index is 0.00000231. The van der Waals surface area contributed by atoms with Gasteiger partial charge in [-0.3, -0.25) is 0 Å². The van der Waals surface area contributed by atoms with E-state index in [1.807, 2.05) is 12.1 Å². The maximum atomic E-state index is 5.44. The lowest BCUT2D eigenvalue weighted by molar-refractivity contribution is 0.122. The maximum absolute atomic E-state index is 5.44. The number of nitrogens with one attached hydrogen (secondary N) is 1. The van der Waals surface area contributed by atoms with Crippen molar-refractivity contribution in [3.8, 4) is 16.9 Å². The first-order valence-electron chi connectivity index (χ1n) is 9.88. The molecule has 3 heterocycles. The topological polar surface area (TPSA) is 59.5 Å². The molecule has 1 aliphatic heterocycles. The van der Waals surface area contributed by atoms with Gasteiger partial charge in [0, 0.05) is 35.4 Å². The van der Waals surface area contributed by atoms with Crippen LogP contribution in [-0.4, -0.2) is 43.4 Å². The number of rotatable bonds is 5. The average molecular weight is 455 g/mol. The smallest absolute Gasteiger partial charge is 0.143 e. The lowest BCUT2D eigenvalue weighted by Gasteiger charge is -2.28. The van der Waals surface area contributed by atoms with E-state index < -0.39 is 0 Å². The van der Waals surface area contributed by atoms with Crippen molar-refractivity contribution in [2.45, 2.75) is 0 Å². The number of methoxy groups -OCH3 is 1. The Kier molecular flexibility index (Phi) is 6.56. The van der Waals surface area contributed by atoms with Crippen LogP contribution in [-0.2, 0) is 4.74 Å². The molecule has 0 atom stereocenters. The number of hydrogen-bond donors (Lipinski definition) is 1. The van der Waals surface area contributed by atoms with Crippen LogP contribution in [0.4, 0.5) is 17.2 Å². The normalized spacial score (nSPS) is 13.6. The van der Waals surface area contributed by atoms with Crippen LogP contribution in [0, 0.1) is 0 Å². The van der Waals surface area contributed by atoms with Gasteiger partial charge in [0.25, 0.3) is 0 Å². The molecule has 0 saturated carbocycles. The van der Waals surface area contributed by atoms with Crippen LogP contribution >= 0.6 is 23.7 Å². The fourth-order valence-electron chi connectivity index (χ4n) is 3.67. The van der Waals surface area contributed by atoms with E-state index in [1.165, 1.54) is 5.69 Å². The highest BCUT2D eigenvalue weighted by Crippen LogP contribution is 2.38. The second-order valence-corrected chi connectivity index (χ2v) is 7.91. The quantitative estimate of drug-likeness (QED) is 0.437. The summed E-state index contributed by atoms with van der Waals surface area (Å²) in [5.74, 6) is 1.65. The standard InChI is InChI=1S/C23H22N4O2S.ClH/c1-28-19-8-2-16(3-9-19)20-14-30-23-21(20)22(24-15-25-23)26-17-4-6-18(7-5-17)27-10-12-29-13-11-27;/h2-9,14-15H,10-13H2,1H3,(H,24,25,26);1H. The molecule has 5 rings (SSSR count). The molecule has 0 amide bonds. The molecule has 2 aromatic carbocycles. The van der Waals surface area contributed by atoms with Crippen LogP contribution in [0.5, 0.6) is 5.75 Å². The maximum Gasteiger partial charge on any atom is 0.143 e. The Morgan fingerprint density at radius 2 is 1.74 bits per heavy atom. The molecule has 8 heteroatoms. The van der Waals surface area contributed by atoms with Gasteiger partial charge in [0.2, 0.25) is 0 Å². The van der Waals surface area contributed by atoms with Crippen LogP contribution in [0.3, 0.4) is 0 Å². The van der Waals surface area contributed by atoms with Crippen molar-refractivity contribution in [1.82, 2.24) is 9.97 Å². The van der Waals surface area contributed by atoms with E-state index in [-0.39, 0.29) is 12.4 Å². The van der Waals surface area contributed by atoms with E-state index in [0.717, 1.165) is 64.9 Å². The van der Waals surface area contributed by atoms with Crippen molar-refractivity contribution in [3.63, 3.8) is 0 Å². The van der Waals surface area contributed by atoms with Crippen LogP contribution in [0.1, 0.15) is 0 Å². The minimum absolute atomic E-state index is 0. The fourth-order valence-corrected chi connectivity index (χ4v) is 4.58. The molecule has 31 heavy (non-hydrogen) atoms. The predicted octanol–water partition coefficient (Wildman–Crippen LogP) is 5.37. The van der Waals surface area contributed by atoms with Crippen LogP contribution in [0.2, 0.25) is 0 Å². The van der Waals surface area contributed by atoms with E-state index in [9.17, 15) is 0 Å². The third kappa shape index (κ3) is 4.44. The van der Waals surface area contributed by atoms with E-state index >= 15 is 0 Å². The van der Waals surface area contributed by atoms with Crippen molar-refractivity contribution in [2.24, 2.45) is 0 Å². The first-order chi connectivity index (χ1) is 14.8. The number of anilines is 3. The first-order valence-corrected chi connectivity index (χ1v) is 10.8. The second kappa shape index (κ2) is 9.51. The van der Waals surface area contributed by atoms with E-state index in [1.54, 1.807) is 24.8 Å². The zero-order valence-electron chi connectivity index (χ0n) is 17.1. The highest BCUT2D eigenvalue weighted by Gasteiger charge is 2.14. The second-order valence-electron chi connectivity index (χ2n) is 7.05. The van der Waals surface area contributed by atoms with Gasteiger partial charge in [-0.25, -0.2) is 9.97 Å². The number of fused-ring (bicyclic) bond motifs is 1. The number of morpholine rings is 1. The molecule has 4 aromatic rings. The molecule has 1 aliphatic rings. The van der Waals surface area contributed by atoms with Crippen LogP contribution in [0.25, 0.3) is 21.3 Å². The van der Waals surface area contributed by atoms with Gasteiger partial charge in [-0.05, 0) is 42.0 Å². The summed E-state index contributed by atoms with van der Waals surface area (Å²) >= 11 is 1.62. The molecule has 0 bridgehead atoms. The summed E-state index contributed by atoms with van der Waals surface area (Å²) in [4.78, 5) is 12.3. The highest BCUT2D eigenvalue weighted by molar-refractivity contribution is 7.17. The molecule has 0 spiro atoms. The molecule has 1 N–H and O–H groups in total. The van der Waals surface area contributed by atoms with E-state index in [2.05, 4.69) is 62.0 Å². The summed E-state index contributed by atoms with van der Waals surface area (Å²) in [6, 6.07) is 16.5. The Morgan fingerprint density at radius 1 is 1.00 bits per heavy atom. The van der Waals surface area contributed by atoms with Gasteiger partial charge >= 0.3 is 0 Å². The van der Waals surface area contributed by atoms with Gasteiger partial charge in [-0.1, -0.05) is 12.1 Å². The first kappa shape index (κ1) is 21.4. The lowest BCUT2D eigenvalue weighted by atomic mass is 10.1. The minimum Gasteiger partial charge on any atom is -0.497 e. The Hall–Kier alpha value is -2.87. The van der Waals surface area contributed by atoms with Crippen molar-refractivity contribution < 1.29 is 9.47 Å². The molecule has 1 saturated heterocycles. The van der Waals surface area contributed by atoms with Crippen molar-refractivity contribution in [1.29, 1.82) is 0 Å². The molecule has 6 nitrogen and oxygen atoms in total. The molecule has 0 unspecified atom stereocenters. The largest absolute Gasteiger partial charge is 0.497 e. The average Bonchev–Trinajstić information content (AvgIpc) is 3.25. The zero-order chi connectivity index (χ0) is 20.3. The van der Waals surface area contributed by atoms with Crippen LogP contribution < -0.4 is 15.0 Å². The fraction of sp³-hybridized carbons (Fsp3) is 0.217. The van der Waals surface area contributed by atoms with Gasteiger partial charge in [-0.15, -0.1) is 23.7 Å². The molecule has 2 aromatic heterocycles. The molecule has 1 fully saturated rings. The highest BCUT2D eigenvalue weighted by atomic mass is 35.5. The number of aromatic nitrogens is 2. The molecule has 160 valence electrons. The zero-order valence-corrected chi connectivity index (χ0v) is 18.7. The van der Waals surface area contributed by atoms with Crippen molar-refractivity contribution in [2.75, 3.05) is 43.6 Å². The number of hydrogen-bond acceptors (Lipinski definition) is 7. The van der Waals surface area contributed by atoms with Crippen molar-refractivity contribution in [3.05, 3.63) is 60.2 Å². The molecular weight excluding hydrogens is 432 g/mol. The number of ether oxygens (including phenoxy) is 2. The summed E-state index contributed by atoms with van der Waals surface area (Å²) in [5.41, 5.74) is 4.44. The van der Waals surface area contributed by atoms with Gasteiger partial charge in [0.15, 0.2) is 0 Å². The summed E-state index contributed by atoms with van der Waals surface area (Å²) in [6.45, 7) is 3.43. The Morgan fingerprint density at radius 3 is 2.45 bits per heavy atom. The predicted molar refractivity (Wildman–Crippen MR) is 129 cm³/mol. The molecule has 0 aliphatic carbocycles. The summed E-state index contributed by atoms with van der Waals surface area (Å²) < 4.78 is 10.7.